The fourth-order valence-electron chi connectivity index (χ4n) is 4.58. The molecule has 22 nitrogen and oxygen atoms in total. The molecule has 0 radical (unpaired) electrons. The molecule has 6 heterocycles. The fraction of sp³-hybridized carbons (Fsp3) is 0.219. The smallest absolute Gasteiger partial charge is 0.408 e. The predicted molar refractivity (Wildman–Crippen MR) is 192 cm³/mol. The summed E-state index contributed by atoms with van der Waals surface area (Å²) < 4.78 is 5.60. The Morgan fingerprint density at radius 3 is 1.69 bits per heavy atom. The highest BCUT2D eigenvalue weighted by Gasteiger charge is 2.30. The average molecular weight is 765 g/mol. The molecule has 278 valence electrons. The van der Waals surface area contributed by atoms with Crippen LogP contribution < -0.4 is 20.9 Å². The van der Waals surface area contributed by atoms with Gasteiger partial charge in [0.15, 0.2) is 0 Å². The van der Waals surface area contributed by atoms with E-state index in [1.165, 1.54) is 17.3 Å². The second-order valence-corrected chi connectivity index (χ2v) is 11.9. The molecule has 23 heteroatoms. The number of alkyl halides is 1. The minimum absolute atomic E-state index is 0.0330. The van der Waals surface area contributed by atoms with E-state index in [1.807, 2.05) is 0 Å². The Hall–Kier alpha value is -7.20. The summed E-state index contributed by atoms with van der Waals surface area (Å²) in [5.74, 6) is 0.201. The van der Waals surface area contributed by atoms with Crippen LogP contribution in [0.5, 0.6) is 0 Å². The van der Waals surface area contributed by atoms with Gasteiger partial charge in [-0.15, -0.1) is 52.4 Å². The zero-order valence-electron chi connectivity index (χ0n) is 29.0. The van der Waals surface area contributed by atoms with Gasteiger partial charge in [-0.3, -0.25) is 24.9 Å². The van der Waals surface area contributed by atoms with E-state index in [-0.39, 0.29) is 59.9 Å². The third-order valence-corrected chi connectivity index (χ3v) is 7.22. The van der Waals surface area contributed by atoms with Crippen LogP contribution in [0.25, 0.3) is 46.3 Å². The van der Waals surface area contributed by atoms with Crippen molar-refractivity contribution in [2.45, 2.75) is 19.4 Å². The Morgan fingerprint density at radius 1 is 0.673 bits per heavy atom. The third-order valence-electron chi connectivity index (χ3n) is 7.03. The largest absolute Gasteiger partial charge is 0.442 e. The Bertz CT molecular complexity index is 2200. The molecule has 6 aromatic heterocycles. The van der Waals surface area contributed by atoms with E-state index in [4.69, 9.17) is 16.3 Å². The van der Waals surface area contributed by atoms with E-state index in [0.717, 1.165) is 0 Å². The quantitative estimate of drug-likeness (QED) is 0.104. The first-order valence-corrected chi connectivity index (χ1v) is 16.7. The molecule has 0 aliphatic carbocycles. The van der Waals surface area contributed by atoms with Crippen molar-refractivity contribution in [2.75, 3.05) is 35.9 Å². The van der Waals surface area contributed by atoms with Crippen molar-refractivity contribution in [3.8, 4) is 46.3 Å². The van der Waals surface area contributed by atoms with Gasteiger partial charge in [0.1, 0.15) is 23.5 Å². The van der Waals surface area contributed by atoms with Crippen LogP contribution in [0.3, 0.4) is 0 Å². The number of rotatable bonds is 14. The number of ether oxygens (including phenoxy) is 1. The lowest BCUT2D eigenvalue weighted by Gasteiger charge is -2.32. The molecule has 3 N–H and O–H groups in total. The number of aromatic nitrogens is 14. The summed E-state index contributed by atoms with van der Waals surface area (Å²) in [6, 6.07) is 9.70. The number of hydrogen-bond acceptors (Lipinski definition) is 19. The van der Waals surface area contributed by atoms with Crippen molar-refractivity contribution in [2.24, 2.45) is 0 Å². The number of amides is 3. The standard InChI is InChI=1S/C32H29ClN18O4/c1-32(2,17-51(24(53)16-34-18-33)20-6-8-22(40-14-20)26-45-49-30(50-46-26)28-37-11-4-12-38-28)55-31(54)41-15-23(52)42-19-5-7-21(39-13-19)25-43-47-29(48-44-25)27-35-9-3-10-36-27/h3-14,34H,15-18H2,1-2H3,(H,41,54)(H,42,52). The monoisotopic (exact) mass is 764 g/mol. The highest BCUT2D eigenvalue weighted by Crippen LogP contribution is 2.22. The van der Waals surface area contributed by atoms with Gasteiger partial charge in [0, 0.05) is 24.8 Å². The van der Waals surface area contributed by atoms with Gasteiger partial charge in [0.25, 0.3) is 0 Å². The summed E-state index contributed by atoms with van der Waals surface area (Å²) in [5.41, 5.74) is 0.184. The molecule has 0 bridgehead atoms. The minimum Gasteiger partial charge on any atom is -0.442 e. The number of nitrogens with one attached hydrogen (secondary N) is 3. The molecule has 0 unspecified atom stereocenters. The molecule has 6 aromatic rings. The molecular weight excluding hydrogens is 736 g/mol. The van der Waals surface area contributed by atoms with Crippen LogP contribution >= 0.6 is 11.6 Å². The molecule has 55 heavy (non-hydrogen) atoms. The van der Waals surface area contributed by atoms with Crippen molar-refractivity contribution in [3.05, 3.63) is 73.6 Å². The van der Waals surface area contributed by atoms with Crippen LogP contribution in [-0.2, 0) is 14.3 Å². The zero-order valence-corrected chi connectivity index (χ0v) is 29.7. The van der Waals surface area contributed by atoms with Crippen molar-refractivity contribution in [1.82, 2.24) is 81.3 Å². The molecule has 0 saturated carbocycles. The highest BCUT2D eigenvalue weighted by atomic mass is 35.5. The first kappa shape index (κ1) is 37.6. The molecule has 0 aliphatic heterocycles. The van der Waals surface area contributed by atoms with Crippen molar-refractivity contribution in [3.63, 3.8) is 0 Å². The fourth-order valence-corrected chi connectivity index (χ4v) is 4.68. The van der Waals surface area contributed by atoms with Gasteiger partial charge >= 0.3 is 6.09 Å². The molecule has 0 aromatic carbocycles. The number of carbonyl (C=O) groups is 3. The van der Waals surface area contributed by atoms with Gasteiger partial charge in [-0.25, -0.2) is 24.7 Å². The van der Waals surface area contributed by atoms with Crippen molar-refractivity contribution >= 4 is 40.9 Å². The van der Waals surface area contributed by atoms with E-state index < -0.39 is 24.1 Å². The van der Waals surface area contributed by atoms with Crippen LogP contribution in [0.15, 0.2) is 73.6 Å². The summed E-state index contributed by atoms with van der Waals surface area (Å²) in [6.45, 7) is 2.60. The van der Waals surface area contributed by atoms with E-state index in [1.54, 1.807) is 75.0 Å². The second-order valence-electron chi connectivity index (χ2n) is 11.7. The zero-order chi connectivity index (χ0) is 38.6. The highest BCUT2D eigenvalue weighted by molar-refractivity contribution is 6.17. The van der Waals surface area contributed by atoms with Crippen LogP contribution in [0.1, 0.15) is 13.8 Å². The number of hydrogen-bond donors (Lipinski definition) is 3. The van der Waals surface area contributed by atoms with Gasteiger partial charge in [0.05, 0.1) is 42.9 Å². The SMILES string of the molecule is CC(C)(CN(C(=O)CNCCl)c1ccc(-c2nnc(-c3ncccn3)nn2)nc1)OC(=O)NCC(=O)Nc1ccc(-c2nnc(-c3ncccn3)nn2)nc1. The van der Waals surface area contributed by atoms with Gasteiger partial charge < -0.3 is 20.3 Å². The van der Waals surface area contributed by atoms with E-state index in [9.17, 15) is 14.4 Å². The number of halogens is 1. The lowest BCUT2D eigenvalue weighted by Crippen LogP contribution is -2.49. The maximum Gasteiger partial charge on any atom is 0.408 e. The Kier molecular flexibility index (Phi) is 12.0. The molecule has 6 rings (SSSR count). The van der Waals surface area contributed by atoms with E-state index in [0.29, 0.717) is 22.8 Å². The first-order valence-electron chi connectivity index (χ1n) is 16.1. The molecular formula is C32H29ClN18O4. The minimum atomic E-state index is -1.24. The lowest BCUT2D eigenvalue weighted by molar-refractivity contribution is -0.118. The molecule has 0 atom stereocenters. The van der Waals surface area contributed by atoms with Crippen LogP contribution in [0.2, 0.25) is 0 Å². The topological polar surface area (TPSA) is 280 Å². The lowest BCUT2D eigenvalue weighted by atomic mass is 10.1. The van der Waals surface area contributed by atoms with Crippen LogP contribution in [0.4, 0.5) is 16.2 Å². The summed E-state index contributed by atoms with van der Waals surface area (Å²) in [7, 11) is 0. The summed E-state index contributed by atoms with van der Waals surface area (Å²) in [6.07, 6.45) is 8.12. The molecule has 0 fully saturated rings. The number of alkyl carbamates (subject to hydrolysis) is 1. The second kappa shape index (κ2) is 17.5. The predicted octanol–water partition coefficient (Wildman–Crippen LogP) is 1.15. The maximum absolute atomic E-state index is 13.2. The number of nitrogens with zero attached hydrogens (tertiary/aromatic N) is 15. The van der Waals surface area contributed by atoms with Crippen molar-refractivity contribution < 1.29 is 19.1 Å². The van der Waals surface area contributed by atoms with E-state index >= 15 is 0 Å². The Morgan fingerprint density at radius 2 is 1.20 bits per heavy atom. The van der Waals surface area contributed by atoms with Crippen LogP contribution in [-0.4, -0.2) is 120 Å². The van der Waals surface area contributed by atoms with Gasteiger partial charge in [-0.2, -0.15) is 0 Å². The first-order chi connectivity index (χ1) is 26.7. The maximum atomic E-state index is 13.2. The Labute approximate surface area is 316 Å². The average Bonchev–Trinajstić information content (AvgIpc) is 3.22. The summed E-state index contributed by atoms with van der Waals surface area (Å²) >= 11 is 5.75. The third kappa shape index (κ3) is 10.2. The number of carbonyl (C=O) groups excluding carboxylic acids is 3. The normalized spacial score (nSPS) is 11.0. The summed E-state index contributed by atoms with van der Waals surface area (Å²) in [4.78, 5) is 64.9. The van der Waals surface area contributed by atoms with Gasteiger partial charge in [-0.05, 0) is 50.2 Å². The van der Waals surface area contributed by atoms with Crippen molar-refractivity contribution in [1.29, 1.82) is 0 Å². The van der Waals surface area contributed by atoms with Crippen LogP contribution in [0, 0.1) is 0 Å². The number of pyridine rings is 2. The molecule has 0 saturated heterocycles. The number of anilines is 2. The van der Waals surface area contributed by atoms with E-state index in [2.05, 4.69) is 86.6 Å². The Balaban J connectivity index is 1.02. The summed E-state index contributed by atoms with van der Waals surface area (Å²) in [5, 5.41) is 40.0. The van der Waals surface area contributed by atoms with Gasteiger partial charge in [0.2, 0.25) is 46.8 Å². The molecule has 3 amide bonds. The molecule has 0 aliphatic rings. The molecule has 0 spiro atoms. The van der Waals surface area contributed by atoms with Gasteiger partial charge in [-0.1, -0.05) is 0 Å².